The zero-order valence-electron chi connectivity index (χ0n) is 10.2. The van der Waals surface area contributed by atoms with Gasteiger partial charge in [-0.25, -0.2) is 9.78 Å². The maximum atomic E-state index is 11.3. The SMILES string of the molecule is Cc1cnc(CCNC(=O)OC(C)(C)C)s1. The van der Waals surface area contributed by atoms with Crippen molar-refractivity contribution in [2.24, 2.45) is 0 Å². The first-order valence-corrected chi connectivity index (χ1v) is 6.06. The lowest BCUT2D eigenvalue weighted by molar-refractivity contribution is 0.0528. The highest BCUT2D eigenvalue weighted by Crippen LogP contribution is 2.11. The first-order chi connectivity index (χ1) is 7.37. The Morgan fingerprint density at radius 1 is 1.56 bits per heavy atom. The number of aromatic nitrogens is 1. The molecule has 1 aromatic heterocycles. The number of nitrogens with one attached hydrogen (secondary N) is 1. The molecule has 0 aliphatic heterocycles. The predicted octanol–water partition coefficient (Wildman–Crippen LogP) is 2.52. The van der Waals surface area contributed by atoms with Crippen molar-refractivity contribution >= 4 is 17.4 Å². The Hall–Kier alpha value is -1.10. The lowest BCUT2D eigenvalue weighted by Crippen LogP contribution is -2.33. The average Bonchev–Trinajstić information content (AvgIpc) is 2.48. The van der Waals surface area contributed by atoms with E-state index in [0.29, 0.717) is 6.54 Å². The van der Waals surface area contributed by atoms with Crippen molar-refractivity contribution in [3.8, 4) is 0 Å². The van der Waals surface area contributed by atoms with E-state index < -0.39 is 5.60 Å². The lowest BCUT2D eigenvalue weighted by atomic mass is 10.2. The van der Waals surface area contributed by atoms with Gasteiger partial charge in [0.25, 0.3) is 0 Å². The van der Waals surface area contributed by atoms with E-state index in [1.165, 1.54) is 4.88 Å². The molecule has 16 heavy (non-hydrogen) atoms. The number of hydrogen-bond donors (Lipinski definition) is 1. The van der Waals surface area contributed by atoms with Crippen LogP contribution in [0.15, 0.2) is 6.20 Å². The van der Waals surface area contributed by atoms with E-state index in [9.17, 15) is 4.79 Å². The van der Waals surface area contributed by atoms with E-state index in [0.717, 1.165) is 11.4 Å². The molecule has 1 N–H and O–H groups in total. The summed E-state index contributed by atoms with van der Waals surface area (Å²) >= 11 is 1.65. The summed E-state index contributed by atoms with van der Waals surface area (Å²) < 4.78 is 5.11. The number of ether oxygens (including phenoxy) is 1. The van der Waals surface area contributed by atoms with E-state index in [2.05, 4.69) is 10.3 Å². The van der Waals surface area contributed by atoms with E-state index >= 15 is 0 Å². The molecule has 1 amide bonds. The minimum absolute atomic E-state index is 0.374. The van der Waals surface area contributed by atoms with Gasteiger partial charge in [-0.2, -0.15) is 0 Å². The Balaban J connectivity index is 2.23. The molecule has 0 fully saturated rings. The molecule has 90 valence electrons. The topological polar surface area (TPSA) is 51.2 Å². The summed E-state index contributed by atoms with van der Waals surface area (Å²) in [6.07, 6.45) is 2.21. The van der Waals surface area contributed by atoms with Crippen molar-refractivity contribution in [2.75, 3.05) is 6.54 Å². The van der Waals surface area contributed by atoms with Gasteiger partial charge in [0.05, 0.1) is 5.01 Å². The number of nitrogens with zero attached hydrogens (tertiary/aromatic N) is 1. The molecule has 1 rings (SSSR count). The molecule has 0 atom stereocenters. The molecule has 4 nitrogen and oxygen atoms in total. The Kier molecular flexibility index (Phi) is 4.29. The van der Waals surface area contributed by atoms with Crippen LogP contribution in [-0.2, 0) is 11.2 Å². The molecule has 0 radical (unpaired) electrons. The normalized spacial score (nSPS) is 11.2. The first kappa shape index (κ1) is 13.0. The Bertz CT molecular complexity index is 355. The molecule has 0 unspecified atom stereocenters. The number of alkyl carbamates (subject to hydrolysis) is 1. The lowest BCUT2D eigenvalue weighted by Gasteiger charge is -2.19. The van der Waals surface area contributed by atoms with Crippen molar-refractivity contribution in [3.63, 3.8) is 0 Å². The number of hydrogen-bond acceptors (Lipinski definition) is 4. The minimum Gasteiger partial charge on any atom is -0.444 e. The van der Waals surface area contributed by atoms with E-state index in [1.54, 1.807) is 11.3 Å². The van der Waals surface area contributed by atoms with Gasteiger partial charge in [-0.3, -0.25) is 0 Å². The molecular formula is C11H18N2O2S. The fourth-order valence-electron chi connectivity index (χ4n) is 1.10. The Labute approximate surface area is 100 Å². The van der Waals surface area contributed by atoms with Crippen LogP contribution >= 0.6 is 11.3 Å². The van der Waals surface area contributed by atoms with Crippen LogP contribution in [-0.4, -0.2) is 23.2 Å². The first-order valence-electron chi connectivity index (χ1n) is 5.25. The molecule has 1 heterocycles. The summed E-state index contributed by atoms with van der Waals surface area (Å²) in [7, 11) is 0. The third-order valence-corrected chi connectivity index (χ3v) is 2.65. The molecule has 0 saturated carbocycles. The summed E-state index contributed by atoms with van der Waals surface area (Å²) in [5.41, 5.74) is -0.443. The molecule has 0 saturated heterocycles. The Morgan fingerprint density at radius 3 is 2.75 bits per heavy atom. The largest absolute Gasteiger partial charge is 0.444 e. The van der Waals surface area contributed by atoms with Crippen LogP contribution in [0.4, 0.5) is 4.79 Å². The second kappa shape index (κ2) is 5.30. The van der Waals surface area contributed by atoms with Crippen molar-refractivity contribution in [1.29, 1.82) is 0 Å². The molecule has 0 spiro atoms. The summed E-state index contributed by atoms with van der Waals surface area (Å²) in [6, 6.07) is 0. The van der Waals surface area contributed by atoms with Crippen molar-refractivity contribution in [2.45, 2.75) is 39.7 Å². The van der Waals surface area contributed by atoms with Gasteiger partial charge in [0.1, 0.15) is 5.60 Å². The molecule has 0 bridgehead atoms. The second-order valence-electron chi connectivity index (χ2n) is 4.54. The molecule has 0 aliphatic rings. The molecule has 0 aromatic carbocycles. The summed E-state index contributed by atoms with van der Waals surface area (Å²) in [5, 5.41) is 3.74. The molecule has 5 heteroatoms. The van der Waals surface area contributed by atoms with Gasteiger partial charge in [-0.05, 0) is 27.7 Å². The smallest absolute Gasteiger partial charge is 0.407 e. The number of carbonyl (C=O) groups is 1. The quantitative estimate of drug-likeness (QED) is 0.886. The van der Waals surface area contributed by atoms with E-state index in [-0.39, 0.29) is 6.09 Å². The van der Waals surface area contributed by atoms with Gasteiger partial charge >= 0.3 is 6.09 Å². The van der Waals surface area contributed by atoms with Gasteiger partial charge in [0.15, 0.2) is 0 Å². The monoisotopic (exact) mass is 242 g/mol. The zero-order chi connectivity index (χ0) is 12.2. The number of rotatable bonds is 3. The van der Waals surface area contributed by atoms with Crippen LogP contribution in [0.3, 0.4) is 0 Å². The van der Waals surface area contributed by atoms with Crippen molar-refractivity contribution < 1.29 is 9.53 Å². The van der Waals surface area contributed by atoms with E-state index in [1.807, 2.05) is 33.9 Å². The highest BCUT2D eigenvalue weighted by molar-refractivity contribution is 7.11. The highest BCUT2D eigenvalue weighted by atomic mass is 32.1. The number of carbonyl (C=O) groups excluding carboxylic acids is 1. The zero-order valence-corrected chi connectivity index (χ0v) is 11.0. The maximum absolute atomic E-state index is 11.3. The van der Waals surface area contributed by atoms with Gasteiger partial charge in [-0.15, -0.1) is 11.3 Å². The van der Waals surface area contributed by atoms with Crippen LogP contribution in [0, 0.1) is 6.92 Å². The standard InChI is InChI=1S/C11H18N2O2S/c1-8-7-13-9(16-8)5-6-12-10(14)15-11(2,3)4/h7H,5-6H2,1-4H3,(H,12,14). The number of aryl methyl sites for hydroxylation is 1. The predicted molar refractivity (Wildman–Crippen MR) is 64.8 cm³/mol. The third-order valence-electron chi connectivity index (χ3n) is 1.68. The van der Waals surface area contributed by atoms with Crippen molar-refractivity contribution in [3.05, 3.63) is 16.1 Å². The fraction of sp³-hybridized carbons (Fsp3) is 0.636. The maximum Gasteiger partial charge on any atom is 0.407 e. The second-order valence-corrected chi connectivity index (χ2v) is 5.86. The highest BCUT2D eigenvalue weighted by Gasteiger charge is 2.15. The van der Waals surface area contributed by atoms with Crippen LogP contribution in [0.5, 0.6) is 0 Å². The summed E-state index contributed by atoms with van der Waals surface area (Å²) in [4.78, 5) is 16.7. The molecule has 1 aromatic rings. The number of thiazole rings is 1. The summed E-state index contributed by atoms with van der Waals surface area (Å²) in [6.45, 7) is 8.11. The van der Waals surface area contributed by atoms with Crippen LogP contribution in [0.1, 0.15) is 30.7 Å². The van der Waals surface area contributed by atoms with Gasteiger partial charge < -0.3 is 10.1 Å². The molecule has 0 aliphatic carbocycles. The summed E-state index contributed by atoms with van der Waals surface area (Å²) in [5.74, 6) is 0. The van der Waals surface area contributed by atoms with Crippen molar-refractivity contribution in [1.82, 2.24) is 10.3 Å². The van der Waals surface area contributed by atoms with Gasteiger partial charge in [-0.1, -0.05) is 0 Å². The Morgan fingerprint density at radius 2 is 2.25 bits per heavy atom. The number of amides is 1. The van der Waals surface area contributed by atoms with Crippen LogP contribution < -0.4 is 5.32 Å². The minimum atomic E-state index is -0.443. The molecular weight excluding hydrogens is 224 g/mol. The van der Waals surface area contributed by atoms with Gasteiger partial charge in [0, 0.05) is 24.0 Å². The third kappa shape index (κ3) is 5.11. The van der Waals surface area contributed by atoms with E-state index in [4.69, 9.17) is 4.74 Å². The fourth-order valence-corrected chi connectivity index (χ4v) is 1.89. The van der Waals surface area contributed by atoms with Gasteiger partial charge in [0.2, 0.25) is 0 Å². The van der Waals surface area contributed by atoms with Crippen LogP contribution in [0.2, 0.25) is 0 Å². The van der Waals surface area contributed by atoms with Crippen LogP contribution in [0.25, 0.3) is 0 Å². The average molecular weight is 242 g/mol.